The first kappa shape index (κ1) is 15.9. The lowest BCUT2D eigenvalue weighted by atomic mass is 10.2. The van der Waals surface area contributed by atoms with Gasteiger partial charge in [0.2, 0.25) is 0 Å². The molecule has 0 rings (SSSR count). The highest BCUT2D eigenvalue weighted by molar-refractivity contribution is 4.59. The molecule has 0 spiro atoms. The molecule has 0 bridgehead atoms. The monoisotopic (exact) mass is 229 g/mol. The number of nitrogens with one attached hydrogen (secondary N) is 1. The molecule has 0 radical (unpaired) electrons. The third-order valence-corrected chi connectivity index (χ3v) is 2.80. The zero-order chi connectivity index (χ0) is 12.2. The van der Waals surface area contributed by atoms with Crippen molar-refractivity contribution in [3.8, 4) is 0 Å². The lowest BCUT2D eigenvalue weighted by molar-refractivity contribution is 0.236. The van der Waals surface area contributed by atoms with Crippen molar-refractivity contribution in [2.75, 3.05) is 53.9 Å². The van der Waals surface area contributed by atoms with Gasteiger partial charge in [-0.25, -0.2) is 0 Å². The molecule has 3 heteroatoms. The Kier molecular flexibility index (Phi) is 11.3. The van der Waals surface area contributed by atoms with Crippen LogP contribution >= 0.6 is 0 Å². The molecule has 0 aromatic carbocycles. The Balaban J connectivity index is 3.51. The van der Waals surface area contributed by atoms with Crippen LogP contribution in [-0.2, 0) is 0 Å². The molecule has 0 amide bonds. The molecule has 0 aliphatic heterocycles. The fraction of sp³-hybridized carbons (Fsp3) is 1.00. The summed E-state index contributed by atoms with van der Waals surface area (Å²) in [5.41, 5.74) is 0. The number of unbranched alkanes of at least 4 members (excludes halogenated alkanes) is 2. The van der Waals surface area contributed by atoms with E-state index in [0.717, 1.165) is 6.54 Å². The van der Waals surface area contributed by atoms with Gasteiger partial charge in [0.15, 0.2) is 0 Å². The van der Waals surface area contributed by atoms with E-state index >= 15 is 0 Å². The molecule has 0 aromatic rings. The van der Waals surface area contributed by atoms with Crippen LogP contribution in [0.5, 0.6) is 0 Å². The number of hydrogen-bond acceptors (Lipinski definition) is 3. The fourth-order valence-corrected chi connectivity index (χ4v) is 1.81. The highest BCUT2D eigenvalue weighted by atomic mass is 15.2. The van der Waals surface area contributed by atoms with E-state index in [1.54, 1.807) is 0 Å². The molecule has 1 N–H and O–H groups in total. The van der Waals surface area contributed by atoms with Crippen molar-refractivity contribution >= 4 is 0 Å². The summed E-state index contributed by atoms with van der Waals surface area (Å²) in [6.45, 7) is 8.34. The number of nitrogens with zero attached hydrogens (tertiary/aromatic N) is 2. The molecule has 0 saturated carbocycles. The normalized spacial score (nSPS) is 11.6. The highest BCUT2D eigenvalue weighted by Crippen LogP contribution is 1.99. The average molecular weight is 229 g/mol. The van der Waals surface area contributed by atoms with Gasteiger partial charge in [0.1, 0.15) is 0 Å². The van der Waals surface area contributed by atoms with E-state index in [1.807, 2.05) is 7.05 Å². The second-order valence-corrected chi connectivity index (χ2v) is 4.81. The summed E-state index contributed by atoms with van der Waals surface area (Å²) in [6, 6.07) is 0. The Bertz CT molecular complexity index is 137. The first-order valence-electron chi connectivity index (χ1n) is 6.72. The Morgan fingerprint density at radius 1 is 0.875 bits per heavy atom. The van der Waals surface area contributed by atoms with Gasteiger partial charge in [-0.1, -0.05) is 13.3 Å². The summed E-state index contributed by atoms with van der Waals surface area (Å²) in [7, 11) is 6.33. The molecule has 0 aliphatic carbocycles. The lowest BCUT2D eigenvalue weighted by Gasteiger charge is -2.23. The maximum Gasteiger partial charge on any atom is 0.0109 e. The average Bonchev–Trinajstić information content (AvgIpc) is 2.25. The Morgan fingerprint density at radius 3 is 2.19 bits per heavy atom. The van der Waals surface area contributed by atoms with Crippen molar-refractivity contribution in [3.05, 3.63) is 0 Å². The van der Waals surface area contributed by atoms with E-state index in [0.29, 0.717) is 0 Å². The number of likely N-dealkylation sites (N-methyl/N-ethyl adjacent to an activating group) is 1. The molecule has 0 unspecified atom stereocenters. The summed E-state index contributed by atoms with van der Waals surface area (Å²) in [5.74, 6) is 0. The zero-order valence-corrected chi connectivity index (χ0v) is 11.8. The van der Waals surface area contributed by atoms with Gasteiger partial charge >= 0.3 is 0 Å². The summed E-state index contributed by atoms with van der Waals surface area (Å²) in [4.78, 5) is 4.86. The van der Waals surface area contributed by atoms with Crippen LogP contribution in [0.2, 0.25) is 0 Å². The lowest BCUT2D eigenvalue weighted by Crippen LogP contribution is -2.33. The maximum atomic E-state index is 3.20. The first-order chi connectivity index (χ1) is 7.70. The SMILES string of the molecule is CCCN(CCCCCNC)CCN(C)C. The van der Waals surface area contributed by atoms with Gasteiger partial charge in [0, 0.05) is 13.1 Å². The quantitative estimate of drug-likeness (QED) is 0.544. The van der Waals surface area contributed by atoms with Gasteiger partial charge in [-0.15, -0.1) is 0 Å². The van der Waals surface area contributed by atoms with Crippen LogP contribution in [0.3, 0.4) is 0 Å². The Labute approximate surface area is 102 Å². The van der Waals surface area contributed by atoms with Gasteiger partial charge < -0.3 is 15.1 Å². The topological polar surface area (TPSA) is 18.5 Å². The van der Waals surface area contributed by atoms with E-state index in [4.69, 9.17) is 0 Å². The summed E-state index contributed by atoms with van der Waals surface area (Å²) < 4.78 is 0. The molecule has 98 valence electrons. The molecule has 0 fully saturated rings. The summed E-state index contributed by atoms with van der Waals surface area (Å²) in [6.07, 6.45) is 5.27. The van der Waals surface area contributed by atoms with Crippen molar-refractivity contribution in [2.45, 2.75) is 32.6 Å². The molecule has 0 aromatic heterocycles. The Morgan fingerprint density at radius 2 is 1.62 bits per heavy atom. The van der Waals surface area contributed by atoms with Crippen LogP contribution in [-0.4, -0.2) is 63.7 Å². The van der Waals surface area contributed by atoms with Gasteiger partial charge in [-0.05, 0) is 60.0 Å². The standard InChI is InChI=1S/C13H31N3/c1-5-10-16(13-12-15(3)4)11-8-6-7-9-14-2/h14H,5-13H2,1-4H3. The minimum atomic E-state index is 1.16. The van der Waals surface area contributed by atoms with Crippen LogP contribution in [0, 0.1) is 0 Å². The van der Waals surface area contributed by atoms with Crippen LogP contribution < -0.4 is 5.32 Å². The number of hydrogen-bond donors (Lipinski definition) is 1. The van der Waals surface area contributed by atoms with Crippen molar-refractivity contribution < 1.29 is 0 Å². The molecule has 0 aliphatic rings. The van der Waals surface area contributed by atoms with E-state index in [-0.39, 0.29) is 0 Å². The molecule has 0 heterocycles. The summed E-state index contributed by atoms with van der Waals surface area (Å²) in [5, 5.41) is 3.20. The van der Waals surface area contributed by atoms with E-state index in [1.165, 1.54) is 51.9 Å². The van der Waals surface area contributed by atoms with Crippen molar-refractivity contribution in [1.29, 1.82) is 0 Å². The smallest absolute Gasteiger partial charge is 0.0109 e. The predicted octanol–water partition coefficient (Wildman–Crippen LogP) is 1.65. The van der Waals surface area contributed by atoms with Crippen LogP contribution in [0.4, 0.5) is 0 Å². The highest BCUT2D eigenvalue weighted by Gasteiger charge is 2.03. The molecule has 0 saturated heterocycles. The molecular formula is C13H31N3. The minimum Gasteiger partial charge on any atom is -0.320 e. The van der Waals surface area contributed by atoms with Crippen LogP contribution in [0.25, 0.3) is 0 Å². The molecule has 16 heavy (non-hydrogen) atoms. The Hall–Kier alpha value is -0.120. The van der Waals surface area contributed by atoms with Crippen molar-refractivity contribution in [1.82, 2.24) is 15.1 Å². The minimum absolute atomic E-state index is 1.16. The molecule has 3 nitrogen and oxygen atoms in total. The number of rotatable bonds is 11. The van der Waals surface area contributed by atoms with E-state index in [9.17, 15) is 0 Å². The van der Waals surface area contributed by atoms with E-state index < -0.39 is 0 Å². The van der Waals surface area contributed by atoms with Gasteiger partial charge in [-0.2, -0.15) is 0 Å². The third-order valence-electron chi connectivity index (χ3n) is 2.80. The van der Waals surface area contributed by atoms with Crippen molar-refractivity contribution in [3.63, 3.8) is 0 Å². The predicted molar refractivity (Wildman–Crippen MR) is 73.1 cm³/mol. The van der Waals surface area contributed by atoms with E-state index in [2.05, 4.69) is 36.1 Å². The zero-order valence-electron chi connectivity index (χ0n) is 11.8. The summed E-state index contributed by atoms with van der Waals surface area (Å²) >= 11 is 0. The second kappa shape index (κ2) is 11.4. The third kappa shape index (κ3) is 10.4. The molecule has 0 atom stereocenters. The first-order valence-corrected chi connectivity index (χ1v) is 6.72. The van der Waals surface area contributed by atoms with Gasteiger partial charge in [0.25, 0.3) is 0 Å². The van der Waals surface area contributed by atoms with Crippen LogP contribution in [0.1, 0.15) is 32.6 Å². The van der Waals surface area contributed by atoms with Crippen LogP contribution in [0.15, 0.2) is 0 Å². The molecular weight excluding hydrogens is 198 g/mol. The van der Waals surface area contributed by atoms with Gasteiger partial charge in [-0.3, -0.25) is 0 Å². The van der Waals surface area contributed by atoms with Crippen molar-refractivity contribution in [2.24, 2.45) is 0 Å². The second-order valence-electron chi connectivity index (χ2n) is 4.81. The fourth-order valence-electron chi connectivity index (χ4n) is 1.81. The largest absolute Gasteiger partial charge is 0.320 e. The van der Waals surface area contributed by atoms with Gasteiger partial charge in [0.05, 0.1) is 0 Å². The maximum absolute atomic E-state index is 3.20.